The molecule has 1 saturated carbocycles. The van der Waals surface area contributed by atoms with Crippen molar-refractivity contribution in [3.8, 4) is 0 Å². The normalized spacial score (nSPS) is 34.6. The van der Waals surface area contributed by atoms with Crippen molar-refractivity contribution in [2.75, 3.05) is 0 Å². The zero-order chi connectivity index (χ0) is 10.3. The zero-order valence-corrected chi connectivity index (χ0v) is 9.03. The van der Waals surface area contributed by atoms with Crippen LogP contribution in [-0.2, 0) is 0 Å². The molecule has 1 rings (SSSR count). The molecule has 0 saturated heterocycles. The van der Waals surface area contributed by atoms with Gasteiger partial charge in [-0.1, -0.05) is 27.7 Å². The molecule has 0 spiro atoms. The van der Waals surface area contributed by atoms with E-state index < -0.39 is 5.92 Å². The van der Waals surface area contributed by atoms with E-state index in [1.165, 1.54) is 0 Å². The fourth-order valence-corrected chi connectivity index (χ4v) is 2.27. The molecular weight excluding hydrogens is 170 g/mol. The van der Waals surface area contributed by atoms with Crippen molar-refractivity contribution in [1.29, 1.82) is 0 Å². The highest BCUT2D eigenvalue weighted by Crippen LogP contribution is 2.46. The third kappa shape index (κ3) is 2.92. The van der Waals surface area contributed by atoms with Gasteiger partial charge in [-0.2, -0.15) is 0 Å². The Bertz CT molecular complexity index is 179. The average Bonchev–Trinajstić information content (AvgIpc) is 1.79. The summed E-state index contributed by atoms with van der Waals surface area (Å²) in [7, 11) is 0. The molecule has 2 atom stereocenters. The van der Waals surface area contributed by atoms with Crippen molar-refractivity contribution in [1.82, 2.24) is 0 Å². The van der Waals surface area contributed by atoms with Crippen LogP contribution in [0.2, 0.25) is 0 Å². The predicted octanol–water partition coefficient (Wildman–Crippen LogP) is 4.10. The predicted molar refractivity (Wildman–Crippen MR) is 50.9 cm³/mol. The monoisotopic (exact) mass is 190 g/mol. The molecule has 2 heteroatoms. The molecule has 0 amide bonds. The number of hydrogen-bond donors (Lipinski definition) is 0. The average molecular weight is 190 g/mol. The molecule has 13 heavy (non-hydrogen) atoms. The molecule has 2 unspecified atom stereocenters. The first-order chi connectivity index (χ1) is 5.71. The topological polar surface area (TPSA) is 0 Å². The van der Waals surface area contributed by atoms with E-state index in [1.807, 2.05) is 6.92 Å². The van der Waals surface area contributed by atoms with Crippen LogP contribution in [0.4, 0.5) is 8.78 Å². The van der Waals surface area contributed by atoms with Crippen LogP contribution in [0.25, 0.3) is 0 Å². The first kappa shape index (κ1) is 10.9. The van der Waals surface area contributed by atoms with Crippen molar-refractivity contribution in [2.24, 2.45) is 17.3 Å². The summed E-state index contributed by atoms with van der Waals surface area (Å²) < 4.78 is 26.5. The summed E-state index contributed by atoms with van der Waals surface area (Å²) in [5.41, 5.74) is 0.0259. The number of halogens is 2. The molecule has 0 N–H and O–H groups in total. The van der Waals surface area contributed by atoms with Gasteiger partial charge in [0.2, 0.25) is 5.92 Å². The summed E-state index contributed by atoms with van der Waals surface area (Å²) in [6.45, 7) is 8.12. The molecule has 0 aliphatic heterocycles. The van der Waals surface area contributed by atoms with E-state index in [0.717, 1.165) is 6.42 Å². The van der Waals surface area contributed by atoms with Crippen LogP contribution in [0.3, 0.4) is 0 Å². The summed E-state index contributed by atoms with van der Waals surface area (Å²) in [6, 6.07) is 0. The maximum absolute atomic E-state index is 13.2. The maximum atomic E-state index is 13.2. The second-order valence-electron chi connectivity index (χ2n) is 5.67. The Kier molecular flexibility index (Phi) is 2.70. The van der Waals surface area contributed by atoms with Crippen LogP contribution in [-0.4, -0.2) is 5.92 Å². The van der Waals surface area contributed by atoms with Gasteiger partial charge in [0.15, 0.2) is 0 Å². The van der Waals surface area contributed by atoms with E-state index >= 15 is 0 Å². The minimum Gasteiger partial charge on any atom is -0.207 e. The van der Waals surface area contributed by atoms with Gasteiger partial charge in [-0.3, -0.25) is 0 Å². The lowest BCUT2D eigenvalue weighted by molar-refractivity contribution is -0.0877. The molecule has 0 radical (unpaired) electrons. The van der Waals surface area contributed by atoms with E-state index in [0.29, 0.717) is 0 Å². The highest BCUT2D eigenvalue weighted by atomic mass is 19.3. The van der Waals surface area contributed by atoms with Crippen molar-refractivity contribution >= 4 is 0 Å². The fourth-order valence-electron chi connectivity index (χ4n) is 2.27. The number of rotatable bonds is 0. The minimum atomic E-state index is -2.42. The highest BCUT2D eigenvalue weighted by Gasteiger charge is 2.43. The number of hydrogen-bond acceptors (Lipinski definition) is 0. The van der Waals surface area contributed by atoms with Gasteiger partial charge in [0.1, 0.15) is 0 Å². The van der Waals surface area contributed by atoms with Crippen LogP contribution in [0.1, 0.15) is 47.0 Å². The fraction of sp³-hybridized carbons (Fsp3) is 1.00. The maximum Gasteiger partial charge on any atom is 0.248 e. The smallest absolute Gasteiger partial charge is 0.207 e. The molecule has 1 aliphatic rings. The molecule has 78 valence electrons. The van der Waals surface area contributed by atoms with Gasteiger partial charge in [0.25, 0.3) is 0 Å². The molecule has 0 nitrogen and oxygen atoms in total. The van der Waals surface area contributed by atoms with Gasteiger partial charge in [-0.15, -0.1) is 0 Å². The molecule has 1 fully saturated rings. The second kappa shape index (κ2) is 3.21. The van der Waals surface area contributed by atoms with E-state index in [1.54, 1.807) is 0 Å². The highest BCUT2D eigenvalue weighted by molar-refractivity contribution is 4.87. The lowest BCUT2D eigenvalue weighted by Gasteiger charge is -2.40. The summed E-state index contributed by atoms with van der Waals surface area (Å²) in [5, 5.41) is 0. The quantitative estimate of drug-likeness (QED) is 0.539. The van der Waals surface area contributed by atoms with Gasteiger partial charge in [-0.05, 0) is 23.7 Å². The first-order valence-electron chi connectivity index (χ1n) is 5.08. The molecule has 1 aliphatic carbocycles. The van der Waals surface area contributed by atoms with E-state index in [2.05, 4.69) is 20.8 Å². The Morgan fingerprint density at radius 3 is 2.08 bits per heavy atom. The van der Waals surface area contributed by atoms with E-state index in [-0.39, 0.29) is 30.1 Å². The number of alkyl halides is 2. The van der Waals surface area contributed by atoms with Crippen molar-refractivity contribution in [3.63, 3.8) is 0 Å². The first-order valence-corrected chi connectivity index (χ1v) is 5.08. The van der Waals surface area contributed by atoms with Crippen LogP contribution in [0.15, 0.2) is 0 Å². The van der Waals surface area contributed by atoms with Crippen LogP contribution in [0.5, 0.6) is 0 Å². The van der Waals surface area contributed by atoms with E-state index in [4.69, 9.17) is 0 Å². The Morgan fingerprint density at radius 1 is 1.15 bits per heavy atom. The summed E-state index contributed by atoms with van der Waals surface area (Å²) in [6.07, 6.45) is 1.12. The second-order valence-corrected chi connectivity index (χ2v) is 5.67. The third-order valence-corrected chi connectivity index (χ3v) is 3.10. The molecule has 0 aromatic carbocycles. The van der Waals surface area contributed by atoms with Crippen molar-refractivity contribution in [2.45, 2.75) is 52.9 Å². The Morgan fingerprint density at radius 2 is 1.69 bits per heavy atom. The Balaban J connectivity index is 2.69. The van der Waals surface area contributed by atoms with Crippen molar-refractivity contribution < 1.29 is 8.78 Å². The molecular formula is C11H20F2. The summed E-state index contributed by atoms with van der Waals surface area (Å²) in [5.74, 6) is -2.07. The molecule has 0 bridgehead atoms. The van der Waals surface area contributed by atoms with Gasteiger partial charge in [-0.25, -0.2) is 8.78 Å². The van der Waals surface area contributed by atoms with Crippen LogP contribution >= 0.6 is 0 Å². The summed E-state index contributed by atoms with van der Waals surface area (Å²) >= 11 is 0. The molecule has 0 aromatic heterocycles. The van der Waals surface area contributed by atoms with Gasteiger partial charge in [0.05, 0.1) is 0 Å². The van der Waals surface area contributed by atoms with E-state index in [9.17, 15) is 8.78 Å². The molecule has 0 aromatic rings. The SMILES string of the molecule is CC1CC(C(C)(C)C)CC(F)(F)C1. The Hall–Kier alpha value is -0.140. The lowest BCUT2D eigenvalue weighted by Crippen LogP contribution is -2.36. The van der Waals surface area contributed by atoms with Gasteiger partial charge >= 0.3 is 0 Å². The third-order valence-electron chi connectivity index (χ3n) is 3.10. The summed E-state index contributed by atoms with van der Waals surface area (Å²) in [4.78, 5) is 0. The van der Waals surface area contributed by atoms with Crippen molar-refractivity contribution in [3.05, 3.63) is 0 Å². The Labute approximate surface area is 79.7 Å². The minimum absolute atomic E-state index is 0.0259. The standard InChI is InChI=1S/C11H20F2/c1-8-5-9(10(2,3)4)7-11(12,13)6-8/h8-9H,5-7H2,1-4H3. The van der Waals surface area contributed by atoms with Crippen LogP contribution in [0, 0.1) is 17.3 Å². The van der Waals surface area contributed by atoms with Crippen LogP contribution < -0.4 is 0 Å². The largest absolute Gasteiger partial charge is 0.248 e. The zero-order valence-electron chi connectivity index (χ0n) is 9.03. The van der Waals surface area contributed by atoms with Gasteiger partial charge in [0, 0.05) is 12.8 Å². The van der Waals surface area contributed by atoms with Gasteiger partial charge < -0.3 is 0 Å². The molecule has 0 heterocycles. The lowest BCUT2D eigenvalue weighted by atomic mass is 9.68.